The van der Waals surface area contributed by atoms with Gasteiger partial charge in [0.2, 0.25) is 5.91 Å². The van der Waals surface area contributed by atoms with Gasteiger partial charge in [-0.1, -0.05) is 76.2 Å². The van der Waals surface area contributed by atoms with E-state index in [2.05, 4.69) is 42.0 Å². The highest BCUT2D eigenvalue weighted by molar-refractivity contribution is 9.10. The maximum Gasteiger partial charge on any atom is 0.261 e. The molecule has 38 heavy (non-hydrogen) atoms. The van der Waals surface area contributed by atoms with E-state index in [-0.39, 0.29) is 36.2 Å². The number of carbonyl (C=O) groups excluding carboxylic acids is 2. The van der Waals surface area contributed by atoms with E-state index in [1.807, 2.05) is 55.5 Å². The maximum atomic E-state index is 13.7. The van der Waals surface area contributed by atoms with Crippen molar-refractivity contribution in [3.63, 3.8) is 0 Å². The first kappa shape index (κ1) is 29.4. The van der Waals surface area contributed by atoms with Crippen LogP contribution in [0, 0.1) is 5.82 Å². The van der Waals surface area contributed by atoms with E-state index in [0.717, 1.165) is 27.6 Å². The van der Waals surface area contributed by atoms with E-state index in [1.54, 1.807) is 12.1 Å². The smallest absolute Gasteiger partial charge is 0.261 e. The van der Waals surface area contributed by atoms with Gasteiger partial charge in [-0.05, 0) is 68.7 Å². The Morgan fingerprint density at radius 2 is 1.68 bits per heavy atom. The number of rotatable bonds is 11. The molecule has 0 aliphatic carbocycles. The summed E-state index contributed by atoms with van der Waals surface area (Å²) >= 11 is 3.56. The molecule has 0 aliphatic rings. The maximum absolute atomic E-state index is 13.7. The van der Waals surface area contributed by atoms with Crippen molar-refractivity contribution in [1.82, 2.24) is 10.2 Å². The Labute approximate surface area is 233 Å². The van der Waals surface area contributed by atoms with Gasteiger partial charge in [-0.25, -0.2) is 4.39 Å². The number of hydrogen-bond donors (Lipinski definition) is 1. The summed E-state index contributed by atoms with van der Waals surface area (Å²) in [6.07, 6.45) is 1.12. The second-order valence-electron chi connectivity index (χ2n) is 10.3. The van der Waals surface area contributed by atoms with Crippen molar-refractivity contribution in [3.8, 4) is 5.75 Å². The summed E-state index contributed by atoms with van der Waals surface area (Å²) in [5.41, 5.74) is 2.76. The Hall–Kier alpha value is -3.19. The normalized spacial score (nSPS) is 12.1. The fourth-order valence-electron chi connectivity index (χ4n) is 4.01. The van der Waals surface area contributed by atoms with Crippen LogP contribution in [0.15, 0.2) is 77.3 Å². The minimum absolute atomic E-state index is 0.0284. The predicted octanol–water partition coefficient (Wildman–Crippen LogP) is 6.43. The fraction of sp³-hybridized carbons (Fsp3) is 0.355. The molecule has 1 atom stereocenters. The molecular formula is C31H36BrFN2O3. The highest BCUT2D eigenvalue weighted by atomic mass is 79.9. The summed E-state index contributed by atoms with van der Waals surface area (Å²) in [6, 6.07) is 20.6. The molecule has 0 aromatic heterocycles. The van der Waals surface area contributed by atoms with Crippen LogP contribution in [0.25, 0.3) is 0 Å². The Bertz CT molecular complexity index is 1210. The van der Waals surface area contributed by atoms with Crippen molar-refractivity contribution < 1.29 is 18.7 Å². The zero-order valence-electron chi connectivity index (χ0n) is 22.5. The second kappa shape index (κ2) is 13.6. The molecule has 0 saturated carbocycles. The molecule has 0 aliphatic heterocycles. The zero-order valence-corrected chi connectivity index (χ0v) is 24.1. The summed E-state index contributed by atoms with van der Waals surface area (Å²) in [4.78, 5) is 28.5. The van der Waals surface area contributed by atoms with Gasteiger partial charge in [-0.2, -0.15) is 0 Å². The van der Waals surface area contributed by atoms with Gasteiger partial charge in [0.25, 0.3) is 5.91 Å². The van der Waals surface area contributed by atoms with Crippen LogP contribution in [0.4, 0.5) is 4.39 Å². The molecule has 3 aromatic rings. The van der Waals surface area contributed by atoms with Crippen LogP contribution in [-0.2, 0) is 28.0 Å². The standard InChI is InChI=1S/C31H36BrFN2O3/c1-5-17-34-30(37)27(18-22-9-7-6-8-10-22)35(20-23-11-14-25(33)15-12-23)29(36)21-38-28-16-13-24(19-26(28)32)31(2,3)4/h6-16,19,27H,5,17-18,20-21H2,1-4H3,(H,34,37)/t27-/m0/s1. The summed E-state index contributed by atoms with van der Waals surface area (Å²) in [6.45, 7) is 8.76. The van der Waals surface area contributed by atoms with Crippen molar-refractivity contribution in [2.45, 2.75) is 58.5 Å². The van der Waals surface area contributed by atoms with Gasteiger partial charge in [0, 0.05) is 19.5 Å². The van der Waals surface area contributed by atoms with Gasteiger partial charge in [0.15, 0.2) is 6.61 Å². The molecule has 0 spiro atoms. The number of benzene rings is 3. The molecule has 0 unspecified atom stereocenters. The molecular weight excluding hydrogens is 547 g/mol. The molecule has 0 bridgehead atoms. The molecule has 202 valence electrons. The lowest BCUT2D eigenvalue weighted by molar-refractivity contribution is -0.142. The number of ether oxygens (including phenoxy) is 1. The van der Waals surface area contributed by atoms with Gasteiger partial charge < -0.3 is 15.0 Å². The fourth-order valence-corrected chi connectivity index (χ4v) is 4.51. The quantitative estimate of drug-likeness (QED) is 0.283. The molecule has 0 heterocycles. The Balaban J connectivity index is 1.89. The van der Waals surface area contributed by atoms with Crippen LogP contribution in [0.2, 0.25) is 0 Å². The van der Waals surface area contributed by atoms with Crippen molar-refractivity contribution in [1.29, 1.82) is 0 Å². The summed E-state index contributed by atoms with van der Waals surface area (Å²) in [5, 5.41) is 2.95. The lowest BCUT2D eigenvalue weighted by Crippen LogP contribution is -2.51. The molecule has 0 radical (unpaired) electrons. The predicted molar refractivity (Wildman–Crippen MR) is 153 cm³/mol. The number of carbonyl (C=O) groups is 2. The SMILES string of the molecule is CCCNC(=O)[C@H](Cc1ccccc1)N(Cc1ccc(F)cc1)C(=O)COc1ccc(C(C)(C)C)cc1Br. The lowest BCUT2D eigenvalue weighted by atomic mass is 9.87. The van der Waals surface area contributed by atoms with Gasteiger partial charge in [-0.15, -0.1) is 0 Å². The number of nitrogens with one attached hydrogen (secondary N) is 1. The van der Waals surface area contributed by atoms with Gasteiger partial charge in [0.1, 0.15) is 17.6 Å². The first-order valence-electron chi connectivity index (χ1n) is 12.9. The molecule has 5 nitrogen and oxygen atoms in total. The van der Waals surface area contributed by atoms with Crippen molar-refractivity contribution >= 4 is 27.7 Å². The monoisotopic (exact) mass is 582 g/mol. The summed E-state index contributed by atoms with van der Waals surface area (Å²) < 4.78 is 20.3. The molecule has 7 heteroatoms. The number of halogens is 2. The topological polar surface area (TPSA) is 58.6 Å². The Morgan fingerprint density at radius 3 is 2.29 bits per heavy atom. The third-order valence-corrected chi connectivity index (χ3v) is 6.86. The van der Waals surface area contributed by atoms with E-state index in [9.17, 15) is 14.0 Å². The van der Waals surface area contributed by atoms with Crippen LogP contribution >= 0.6 is 15.9 Å². The average Bonchev–Trinajstić information content (AvgIpc) is 2.89. The van der Waals surface area contributed by atoms with Crippen molar-refractivity contribution in [3.05, 3.63) is 99.8 Å². The first-order chi connectivity index (χ1) is 18.1. The molecule has 0 saturated heterocycles. The minimum atomic E-state index is -0.767. The second-order valence-corrected chi connectivity index (χ2v) is 11.2. The van der Waals surface area contributed by atoms with Crippen LogP contribution in [0.5, 0.6) is 5.75 Å². The van der Waals surface area contributed by atoms with Crippen LogP contribution in [0.3, 0.4) is 0 Å². The van der Waals surface area contributed by atoms with E-state index >= 15 is 0 Å². The minimum Gasteiger partial charge on any atom is -0.483 e. The highest BCUT2D eigenvalue weighted by Gasteiger charge is 2.30. The molecule has 1 N–H and O–H groups in total. The largest absolute Gasteiger partial charge is 0.483 e. The molecule has 3 aromatic carbocycles. The summed E-state index contributed by atoms with van der Waals surface area (Å²) in [7, 11) is 0. The highest BCUT2D eigenvalue weighted by Crippen LogP contribution is 2.31. The Morgan fingerprint density at radius 1 is 1.00 bits per heavy atom. The van der Waals surface area contributed by atoms with Crippen molar-refractivity contribution in [2.24, 2.45) is 0 Å². The molecule has 3 rings (SSSR count). The average molecular weight is 584 g/mol. The van der Waals surface area contributed by atoms with Crippen LogP contribution in [-0.4, -0.2) is 35.9 Å². The summed E-state index contributed by atoms with van der Waals surface area (Å²) in [5.74, 6) is -0.390. The third kappa shape index (κ3) is 8.42. The van der Waals surface area contributed by atoms with Gasteiger partial charge >= 0.3 is 0 Å². The number of amides is 2. The number of hydrogen-bond acceptors (Lipinski definition) is 3. The van der Waals surface area contributed by atoms with E-state index in [0.29, 0.717) is 18.7 Å². The lowest BCUT2D eigenvalue weighted by Gasteiger charge is -2.31. The van der Waals surface area contributed by atoms with E-state index in [1.165, 1.54) is 17.0 Å². The van der Waals surface area contributed by atoms with E-state index in [4.69, 9.17) is 4.74 Å². The first-order valence-corrected chi connectivity index (χ1v) is 13.7. The van der Waals surface area contributed by atoms with Crippen molar-refractivity contribution in [2.75, 3.05) is 13.2 Å². The zero-order chi connectivity index (χ0) is 27.7. The van der Waals surface area contributed by atoms with Crippen LogP contribution in [0.1, 0.15) is 50.8 Å². The van der Waals surface area contributed by atoms with Crippen LogP contribution < -0.4 is 10.1 Å². The van der Waals surface area contributed by atoms with E-state index < -0.39 is 6.04 Å². The third-order valence-electron chi connectivity index (χ3n) is 6.24. The molecule has 0 fully saturated rings. The number of nitrogens with zero attached hydrogens (tertiary/aromatic N) is 1. The van der Waals surface area contributed by atoms with Gasteiger partial charge in [0.05, 0.1) is 4.47 Å². The Kier molecular flexibility index (Phi) is 10.5. The molecule has 2 amide bonds. The van der Waals surface area contributed by atoms with Gasteiger partial charge in [-0.3, -0.25) is 9.59 Å².